The Hall–Kier alpha value is -2.67. The Kier molecular flexibility index (Phi) is 6.47. The monoisotopic (exact) mass is 425 g/mol. The quantitative estimate of drug-likeness (QED) is 0.543. The standard InChI is InChI=1S/C23H27N3O3S/c1-17(2)15-26(22(27)20-9-6-12-28-20)16-19-21(18-7-4-3-5-8-18)24-29-23(19)25-10-13-30-14-11-25/h3-9,12,17H,10-11,13-16H2,1-2H3. The molecular weight excluding hydrogens is 398 g/mol. The summed E-state index contributed by atoms with van der Waals surface area (Å²) in [6.07, 6.45) is 1.53. The minimum Gasteiger partial charge on any atom is -0.459 e. The molecule has 158 valence electrons. The number of amides is 1. The maximum atomic E-state index is 13.2. The third-order valence-corrected chi connectivity index (χ3v) is 6.01. The lowest BCUT2D eigenvalue weighted by atomic mass is 10.1. The molecule has 2 aromatic heterocycles. The number of benzene rings is 1. The summed E-state index contributed by atoms with van der Waals surface area (Å²) in [6, 6.07) is 13.5. The van der Waals surface area contributed by atoms with Crippen LogP contribution >= 0.6 is 11.8 Å². The number of nitrogens with zero attached hydrogens (tertiary/aromatic N) is 3. The van der Waals surface area contributed by atoms with E-state index in [0.717, 1.165) is 47.3 Å². The van der Waals surface area contributed by atoms with Crippen LogP contribution in [0.4, 0.5) is 5.88 Å². The van der Waals surface area contributed by atoms with Crippen molar-refractivity contribution in [2.75, 3.05) is 36.0 Å². The van der Waals surface area contributed by atoms with Gasteiger partial charge < -0.3 is 18.7 Å². The van der Waals surface area contributed by atoms with Gasteiger partial charge in [-0.05, 0) is 18.1 Å². The third kappa shape index (κ3) is 4.56. The topological polar surface area (TPSA) is 62.7 Å². The highest BCUT2D eigenvalue weighted by Gasteiger charge is 2.28. The first-order valence-corrected chi connectivity index (χ1v) is 11.5. The average Bonchev–Trinajstić information content (AvgIpc) is 3.44. The van der Waals surface area contributed by atoms with Crippen LogP contribution in [0.1, 0.15) is 30.0 Å². The molecular formula is C23H27N3O3S. The van der Waals surface area contributed by atoms with Gasteiger partial charge in [0.05, 0.1) is 18.4 Å². The largest absolute Gasteiger partial charge is 0.459 e. The Balaban J connectivity index is 1.72. The van der Waals surface area contributed by atoms with Gasteiger partial charge >= 0.3 is 0 Å². The lowest BCUT2D eigenvalue weighted by Gasteiger charge is -2.28. The van der Waals surface area contributed by atoms with Crippen LogP contribution in [0.2, 0.25) is 0 Å². The fourth-order valence-corrected chi connectivity index (χ4v) is 4.59. The molecule has 1 aliphatic heterocycles. The number of aromatic nitrogens is 1. The molecule has 1 aromatic carbocycles. The first-order valence-electron chi connectivity index (χ1n) is 10.3. The summed E-state index contributed by atoms with van der Waals surface area (Å²) >= 11 is 1.95. The number of carbonyl (C=O) groups excluding carboxylic acids is 1. The van der Waals surface area contributed by atoms with E-state index in [1.165, 1.54) is 6.26 Å². The number of hydrogen-bond donors (Lipinski definition) is 0. The van der Waals surface area contributed by atoms with E-state index < -0.39 is 0 Å². The van der Waals surface area contributed by atoms with Gasteiger partial charge in [-0.2, -0.15) is 11.8 Å². The molecule has 1 amide bonds. The fourth-order valence-electron chi connectivity index (χ4n) is 3.69. The first-order chi connectivity index (χ1) is 14.6. The predicted molar refractivity (Wildman–Crippen MR) is 120 cm³/mol. The van der Waals surface area contributed by atoms with Gasteiger partial charge in [0.15, 0.2) is 5.76 Å². The van der Waals surface area contributed by atoms with E-state index in [2.05, 4.69) is 23.9 Å². The van der Waals surface area contributed by atoms with Gasteiger partial charge in [0, 0.05) is 36.7 Å². The normalized spacial score (nSPS) is 14.3. The summed E-state index contributed by atoms with van der Waals surface area (Å²) in [7, 11) is 0. The number of rotatable bonds is 7. The zero-order valence-electron chi connectivity index (χ0n) is 17.4. The molecule has 30 heavy (non-hydrogen) atoms. The maximum Gasteiger partial charge on any atom is 0.289 e. The number of carbonyl (C=O) groups is 1. The van der Waals surface area contributed by atoms with Crippen LogP contribution in [0, 0.1) is 5.92 Å². The van der Waals surface area contributed by atoms with Crippen LogP contribution < -0.4 is 4.90 Å². The second-order valence-electron chi connectivity index (χ2n) is 7.84. The highest BCUT2D eigenvalue weighted by Crippen LogP contribution is 2.34. The van der Waals surface area contributed by atoms with Crippen molar-refractivity contribution in [2.45, 2.75) is 20.4 Å². The summed E-state index contributed by atoms with van der Waals surface area (Å²) in [6.45, 7) is 7.08. The third-order valence-electron chi connectivity index (χ3n) is 5.07. The highest BCUT2D eigenvalue weighted by atomic mass is 32.2. The maximum absolute atomic E-state index is 13.2. The zero-order valence-corrected chi connectivity index (χ0v) is 18.2. The van der Waals surface area contributed by atoms with Gasteiger partial charge in [-0.15, -0.1) is 0 Å². The first kappa shape index (κ1) is 20.6. The van der Waals surface area contributed by atoms with Gasteiger partial charge in [-0.1, -0.05) is 49.3 Å². The second kappa shape index (κ2) is 9.43. The predicted octanol–water partition coefficient (Wildman–Crippen LogP) is 4.79. The van der Waals surface area contributed by atoms with E-state index in [-0.39, 0.29) is 5.91 Å². The Bertz CT molecular complexity index is 948. The summed E-state index contributed by atoms with van der Waals surface area (Å²) in [4.78, 5) is 17.3. The summed E-state index contributed by atoms with van der Waals surface area (Å²) in [5, 5.41) is 4.43. The molecule has 0 atom stereocenters. The van der Waals surface area contributed by atoms with Gasteiger partial charge in [-0.25, -0.2) is 0 Å². The molecule has 0 unspecified atom stereocenters. The van der Waals surface area contributed by atoms with Gasteiger partial charge in [0.1, 0.15) is 5.69 Å². The van der Waals surface area contributed by atoms with Crippen molar-refractivity contribution < 1.29 is 13.7 Å². The molecule has 3 aromatic rings. The van der Waals surface area contributed by atoms with Crippen molar-refractivity contribution in [1.29, 1.82) is 0 Å². The van der Waals surface area contributed by atoms with Crippen molar-refractivity contribution in [3.8, 4) is 11.3 Å². The van der Waals surface area contributed by atoms with E-state index in [1.807, 2.05) is 47.0 Å². The second-order valence-corrected chi connectivity index (χ2v) is 9.06. The van der Waals surface area contributed by atoms with E-state index >= 15 is 0 Å². The molecule has 1 fully saturated rings. The fraction of sp³-hybridized carbons (Fsp3) is 0.391. The van der Waals surface area contributed by atoms with Crippen molar-refractivity contribution >= 4 is 23.6 Å². The molecule has 0 saturated carbocycles. The average molecular weight is 426 g/mol. The van der Waals surface area contributed by atoms with Crippen molar-refractivity contribution in [2.24, 2.45) is 5.92 Å². The molecule has 6 nitrogen and oxygen atoms in total. The molecule has 0 N–H and O–H groups in total. The molecule has 0 spiro atoms. The smallest absolute Gasteiger partial charge is 0.289 e. The van der Waals surface area contributed by atoms with Crippen molar-refractivity contribution in [3.63, 3.8) is 0 Å². The molecule has 3 heterocycles. The lowest BCUT2D eigenvalue weighted by molar-refractivity contribution is 0.0690. The Labute approximate surface area is 181 Å². The molecule has 7 heteroatoms. The van der Waals surface area contributed by atoms with Crippen molar-refractivity contribution in [3.05, 3.63) is 60.1 Å². The molecule has 1 aliphatic rings. The number of furan rings is 1. The summed E-state index contributed by atoms with van der Waals surface area (Å²) in [5.41, 5.74) is 2.74. The van der Waals surface area contributed by atoms with Crippen LogP contribution in [0.15, 0.2) is 57.7 Å². The molecule has 0 radical (unpaired) electrons. The van der Waals surface area contributed by atoms with Crippen LogP contribution in [0.3, 0.4) is 0 Å². The van der Waals surface area contributed by atoms with Crippen LogP contribution in [0.5, 0.6) is 0 Å². The van der Waals surface area contributed by atoms with Gasteiger partial charge in [0.25, 0.3) is 5.91 Å². The van der Waals surface area contributed by atoms with Crippen LogP contribution in [-0.2, 0) is 6.54 Å². The van der Waals surface area contributed by atoms with E-state index in [4.69, 9.17) is 8.94 Å². The lowest BCUT2D eigenvalue weighted by Crippen LogP contribution is -2.36. The number of anilines is 1. The van der Waals surface area contributed by atoms with Crippen LogP contribution in [0.25, 0.3) is 11.3 Å². The van der Waals surface area contributed by atoms with Crippen LogP contribution in [-0.4, -0.2) is 47.1 Å². The zero-order chi connectivity index (χ0) is 20.9. The Morgan fingerprint density at radius 1 is 1.17 bits per heavy atom. The minimum absolute atomic E-state index is 0.117. The molecule has 0 aliphatic carbocycles. The van der Waals surface area contributed by atoms with Crippen molar-refractivity contribution in [1.82, 2.24) is 10.1 Å². The summed E-state index contributed by atoms with van der Waals surface area (Å²) in [5.74, 6) is 3.44. The minimum atomic E-state index is -0.117. The van der Waals surface area contributed by atoms with E-state index in [0.29, 0.717) is 24.8 Å². The number of hydrogen-bond acceptors (Lipinski definition) is 6. The number of thioether (sulfide) groups is 1. The van der Waals surface area contributed by atoms with Gasteiger partial charge in [-0.3, -0.25) is 4.79 Å². The Morgan fingerprint density at radius 2 is 1.93 bits per heavy atom. The van der Waals surface area contributed by atoms with Gasteiger partial charge in [0.2, 0.25) is 5.88 Å². The molecule has 1 saturated heterocycles. The van der Waals surface area contributed by atoms with E-state index in [9.17, 15) is 4.79 Å². The van der Waals surface area contributed by atoms with E-state index in [1.54, 1.807) is 12.1 Å². The Morgan fingerprint density at radius 3 is 2.60 bits per heavy atom. The highest BCUT2D eigenvalue weighted by molar-refractivity contribution is 7.99. The SMILES string of the molecule is CC(C)CN(Cc1c(-c2ccccc2)noc1N1CCSCC1)C(=O)c1ccco1. The molecule has 4 rings (SSSR count). The summed E-state index contributed by atoms with van der Waals surface area (Å²) < 4.78 is 11.3. The molecule has 0 bridgehead atoms.